The van der Waals surface area contributed by atoms with Crippen LogP contribution in [0.15, 0.2) is 42.5 Å². The summed E-state index contributed by atoms with van der Waals surface area (Å²) in [6.45, 7) is 9.63. The third-order valence-corrected chi connectivity index (χ3v) is 8.31. The first-order valence-corrected chi connectivity index (χ1v) is 13.8. The number of amides is 2. The standard InChI is InChI=1S/C30H38ClF2N3O2/c1-29(2,3)36-17-23(22-12-11-21(32)16-25(22)33)24(18-36)27(37)34-15-5-6-26(19-7-9-20(31)10-8-19)35-28(38)30(4)13-14-30/h7-12,16,23-24,26H,5-6,13-15,17-18H2,1-4H3,(H,34,37)(H,35,38)/t23-,24+,26-/m0/s1. The topological polar surface area (TPSA) is 61.4 Å². The third-order valence-electron chi connectivity index (χ3n) is 8.06. The van der Waals surface area contributed by atoms with Crippen molar-refractivity contribution < 1.29 is 18.4 Å². The van der Waals surface area contributed by atoms with Crippen molar-refractivity contribution >= 4 is 23.4 Å². The Hall–Kier alpha value is -2.51. The Morgan fingerprint density at radius 1 is 1.11 bits per heavy atom. The smallest absolute Gasteiger partial charge is 0.226 e. The Morgan fingerprint density at radius 3 is 2.39 bits per heavy atom. The van der Waals surface area contributed by atoms with Crippen LogP contribution in [-0.2, 0) is 9.59 Å². The van der Waals surface area contributed by atoms with E-state index >= 15 is 0 Å². The Morgan fingerprint density at radius 2 is 1.79 bits per heavy atom. The predicted molar refractivity (Wildman–Crippen MR) is 146 cm³/mol. The van der Waals surface area contributed by atoms with Crippen LogP contribution in [0, 0.1) is 23.0 Å². The number of nitrogens with one attached hydrogen (secondary N) is 2. The van der Waals surface area contributed by atoms with Crippen LogP contribution in [-0.4, -0.2) is 41.9 Å². The molecule has 1 aliphatic carbocycles. The van der Waals surface area contributed by atoms with Crippen LogP contribution >= 0.6 is 11.6 Å². The molecule has 0 spiro atoms. The highest BCUT2D eigenvalue weighted by molar-refractivity contribution is 6.30. The zero-order valence-corrected chi connectivity index (χ0v) is 23.4. The second-order valence-electron chi connectivity index (χ2n) is 12.0. The number of hydrogen-bond acceptors (Lipinski definition) is 3. The molecule has 1 heterocycles. The minimum absolute atomic E-state index is 0.0545. The van der Waals surface area contributed by atoms with Crippen molar-refractivity contribution in [3.8, 4) is 0 Å². The molecule has 38 heavy (non-hydrogen) atoms. The first kappa shape index (κ1) is 28.5. The van der Waals surface area contributed by atoms with Crippen molar-refractivity contribution in [2.24, 2.45) is 11.3 Å². The summed E-state index contributed by atoms with van der Waals surface area (Å²) in [7, 11) is 0. The lowest BCUT2D eigenvalue weighted by molar-refractivity contribution is -0.127. The van der Waals surface area contributed by atoms with Crippen molar-refractivity contribution in [1.82, 2.24) is 15.5 Å². The monoisotopic (exact) mass is 545 g/mol. The molecule has 2 aromatic rings. The fraction of sp³-hybridized carbons (Fsp3) is 0.533. The number of benzene rings is 2. The number of nitrogens with zero attached hydrogens (tertiary/aromatic N) is 1. The molecule has 3 atom stereocenters. The lowest BCUT2D eigenvalue weighted by Gasteiger charge is -2.31. The van der Waals surface area contributed by atoms with Gasteiger partial charge in [0.25, 0.3) is 0 Å². The second kappa shape index (κ2) is 11.3. The van der Waals surface area contributed by atoms with Gasteiger partial charge in [0.1, 0.15) is 11.6 Å². The largest absolute Gasteiger partial charge is 0.356 e. The Balaban J connectivity index is 1.39. The van der Waals surface area contributed by atoms with E-state index in [1.807, 2.05) is 31.2 Å². The van der Waals surface area contributed by atoms with E-state index in [1.54, 1.807) is 0 Å². The number of likely N-dealkylation sites (tertiary alicyclic amines) is 1. The first-order valence-electron chi connectivity index (χ1n) is 13.4. The summed E-state index contributed by atoms with van der Waals surface area (Å²) in [6.07, 6.45) is 3.09. The van der Waals surface area contributed by atoms with Crippen LogP contribution in [0.3, 0.4) is 0 Å². The van der Waals surface area contributed by atoms with Crippen LogP contribution < -0.4 is 10.6 Å². The van der Waals surface area contributed by atoms with Crippen LogP contribution in [0.25, 0.3) is 0 Å². The molecule has 2 fully saturated rings. The highest BCUT2D eigenvalue weighted by atomic mass is 35.5. The number of carbonyl (C=O) groups excluding carboxylic acids is 2. The van der Waals surface area contributed by atoms with E-state index in [-0.39, 0.29) is 34.7 Å². The molecule has 206 valence electrons. The highest BCUT2D eigenvalue weighted by Gasteiger charge is 2.45. The van der Waals surface area contributed by atoms with Gasteiger partial charge in [-0.3, -0.25) is 14.5 Å². The first-order chi connectivity index (χ1) is 17.9. The molecule has 0 unspecified atom stereocenters. The average molecular weight is 546 g/mol. The van der Waals surface area contributed by atoms with Gasteiger partial charge in [-0.15, -0.1) is 0 Å². The molecule has 1 saturated heterocycles. The van der Waals surface area contributed by atoms with E-state index < -0.39 is 17.6 Å². The lowest BCUT2D eigenvalue weighted by Crippen LogP contribution is -2.41. The van der Waals surface area contributed by atoms with E-state index in [0.717, 1.165) is 24.5 Å². The van der Waals surface area contributed by atoms with Gasteiger partial charge in [-0.25, -0.2) is 8.78 Å². The predicted octanol–water partition coefficient (Wildman–Crippen LogP) is 5.99. The average Bonchev–Trinajstić information content (AvgIpc) is 3.44. The summed E-state index contributed by atoms with van der Waals surface area (Å²) in [5.74, 6) is -2.14. The van der Waals surface area contributed by atoms with E-state index in [2.05, 4.69) is 36.3 Å². The van der Waals surface area contributed by atoms with E-state index in [4.69, 9.17) is 11.6 Å². The van der Waals surface area contributed by atoms with E-state index in [1.165, 1.54) is 12.1 Å². The molecule has 0 aromatic heterocycles. The maximum absolute atomic E-state index is 14.7. The molecular weight excluding hydrogens is 508 g/mol. The molecule has 0 radical (unpaired) electrons. The molecule has 8 heteroatoms. The fourth-order valence-corrected chi connectivity index (χ4v) is 5.27. The summed E-state index contributed by atoms with van der Waals surface area (Å²) < 4.78 is 28.3. The molecule has 2 aromatic carbocycles. The Labute approximate surface area is 229 Å². The molecule has 2 N–H and O–H groups in total. The number of hydrogen-bond donors (Lipinski definition) is 2. The van der Waals surface area contributed by atoms with Gasteiger partial charge >= 0.3 is 0 Å². The van der Waals surface area contributed by atoms with Crippen molar-refractivity contribution in [3.05, 3.63) is 70.2 Å². The van der Waals surface area contributed by atoms with Crippen LogP contribution in [0.4, 0.5) is 8.78 Å². The van der Waals surface area contributed by atoms with Gasteiger partial charge < -0.3 is 10.6 Å². The van der Waals surface area contributed by atoms with Gasteiger partial charge in [-0.2, -0.15) is 0 Å². The van der Waals surface area contributed by atoms with Gasteiger partial charge in [0, 0.05) is 47.6 Å². The van der Waals surface area contributed by atoms with Crippen molar-refractivity contribution in [3.63, 3.8) is 0 Å². The minimum atomic E-state index is -0.629. The summed E-state index contributed by atoms with van der Waals surface area (Å²) in [5, 5.41) is 6.86. The minimum Gasteiger partial charge on any atom is -0.356 e. The lowest BCUT2D eigenvalue weighted by atomic mass is 9.88. The zero-order valence-electron chi connectivity index (χ0n) is 22.6. The zero-order chi connectivity index (χ0) is 27.7. The summed E-state index contributed by atoms with van der Waals surface area (Å²) >= 11 is 6.06. The summed E-state index contributed by atoms with van der Waals surface area (Å²) in [5.41, 5.74) is 0.871. The van der Waals surface area contributed by atoms with Gasteiger partial charge in [-0.05, 0) is 75.8 Å². The third kappa shape index (κ3) is 6.73. The summed E-state index contributed by atoms with van der Waals surface area (Å²) in [4.78, 5) is 28.3. The van der Waals surface area contributed by atoms with Gasteiger partial charge in [0.05, 0.1) is 12.0 Å². The van der Waals surface area contributed by atoms with Gasteiger partial charge in [-0.1, -0.05) is 36.7 Å². The van der Waals surface area contributed by atoms with E-state index in [0.29, 0.717) is 43.1 Å². The second-order valence-corrected chi connectivity index (χ2v) is 12.5. The number of halogens is 3. The maximum atomic E-state index is 14.7. The number of rotatable bonds is 9. The molecule has 2 amide bonds. The van der Waals surface area contributed by atoms with Crippen molar-refractivity contribution in [1.29, 1.82) is 0 Å². The Bertz CT molecular complexity index is 1160. The van der Waals surface area contributed by atoms with E-state index in [9.17, 15) is 18.4 Å². The molecule has 4 rings (SSSR count). The maximum Gasteiger partial charge on any atom is 0.226 e. The van der Waals surface area contributed by atoms with Gasteiger partial charge in [0.2, 0.25) is 11.8 Å². The van der Waals surface area contributed by atoms with Crippen molar-refractivity contribution in [2.45, 2.75) is 70.9 Å². The van der Waals surface area contributed by atoms with Crippen molar-refractivity contribution in [2.75, 3.05) is 19.6 Å². The van der Waals surface area contributed by atoms with Crippen LogP contribution in [0.2, 0.25) is 5.02 Å². The number of carbonyl (C=O) groups is 2. The summed E-state index contributed by atoms with van der Waals surface area (Å²) in [6, 6.07) is 10.9. The Kier molecular flexibility index (Phi) is 8.48. The molecule has 0 bridgehead atoms. The highest BCUT2D eigenvalue weighted by Crippen LogP contribution is 2.45. The molecule has 1 saturated carbocycles. The normalized spacial score (nSPS) is 21.7. The fourth-order valence-electron chi connectivity index (χ4n) is 5.15. The molecule has 1 aliphatic heterocycles. The van der Waals surface area contributed by atoms with Gasteiger partial charge in [0.15, 0.2) is 0 Å². The molecule has 2 aliphatic rings. The van der Waals surface area contributed by atoms with Crippen LogP contribution in [0.1, 0.15) is 76.5 Å². The van der Waals surface area contributed by atoms with Crippen LogP contribution in [0.5, 0.6) is 0 Å². The molecular formula is C30H38ClF2N3O2. The quantitative estimate of drug-likeness (QED) is 0.381. The molecule has 5 nitrogen and oxygen atoms in total. The SMILES string of the molecule is CC1(C(=O)N[C@@H](CCCNC(=O)[C@@H]2CN(C(C)(C)C)C[C@H]2c2ccc(F)cc2F)c2ccc(Cl)cc2)CC1.